The van der Waals surface area contributed by atoms with Crippen LogP contribution in [0.4, 0.5) is 0 Å². The van der Waals surface area contributed by atoms with Crippen LogP contribution >= 0.6 is 0 Å². The summed E-state index contributed by atoms with van der Waals surface area (Å²) in [6.07, 6.45) is 5.65. The van der Waals surface area contributed by atoms with Gasteiger partial charge >= 0.3 is 0 Å². The summed E-state index contributed by atoms with van der Waals surface area (Å²) >= 11 is 0. The Morgan fingerprint density at radius 3 is 2.89 bits per heavy atom. The number of ether oxygens (including phenoxy) is 1. The molecule has 0 aliphatic rings. The molecule has 0 atom stereocenters. The van der Waals surface area contributed by atoms with Gasteiger partial charge < -0.3 is 14.9 Å². The second-order valence-electron chi connectivity index (χ2n) is 3.90. The van der Waals surface area contributed by atoms with Gasteiger partial charge in [-0.15, -0.1) is 0 Å². The van der Waals surface area contributed by atoms with Crippen LogP contribution in [0, 0.1) is 0 Å². The first-order valence-electron chi connectivity index (χ1n) is 5.95. The van der Waals surface area contributed by atoms with Crippen LogP contribution in [0.15, 0.2) is 47.1 Å². The average molecular weight is 243 g/mol. The van der Waals surface area contributed by atoms with Crippen molar-refractivity contribution in [2.75, 3.05) is 0 Å². The van der Waals surface area contributed by atoms with Crippen molar-refractivity contribution in [3.05, 3.63) is 59.6 Å². The number of hydrogen-bond acceptors (Lipinski definition) is 3. The normalized spacial score (nSPS) is 11.0. The third kappa shape index (κ3) is 2.81. The maximum atomic E-state index is 5.81. The quantitative estimate of drug-likeness (QED) is 0.876. The van der Waals surface area contributed by atoms with Gasteiger partial charge in [-0.2, -0.15) is 0 Å². The van der Waals surface area contributed by atoms with Gasteiger partial charge in [0.2, 0.25) is 0 Å². The van der Waals surface area contributed by atoms with Crippen LogP contribution in [0.25, 0.3) is 6.08 Å². The van der Waals surface area contributed by atoms with Gasteiger partial charge in [0, 0.05) is 11.1 Å². The fraction of sp³-hybridized carbons (Fsp3) is 0.200. The first-order valence-corrected chi connectivity index (χ1v) is 5.95. The fourth-order valence-corrected chi connectivity index (χ4v) is 1.76. The van der Waals surface area contributed by atoms with Crippen molar-refractivity contribution >= 4 is 6.08 Å². The van der Waals surface area contributed by atoms with E-state index in [1.165, 1.54) is 0 Å². The van der Waals surface area contributed by atoms with Crippen LogP contribution in [0.5, 0.6) is 5.75 Å². The zero-order chi connectivity index (χ0) is 12.8. The minimum atomic E-state index is 0.391. The van der Waals surface area contributed by atoms with Crippen molar-refractivity contribution < 1.29 is 9.15 Å². The molecule has 0 saturated carbocycles. The van der Waals surface area contributed by atoms with Gasteiger partial charge in [0.05, 0.1) is 12.8 Å². The molecule has 0 bridgehead atoms. The van der Waals surface area contributed by atoms with E-state index in [1.807, 2.05) is 49.4 Å². The zero-order valence-electron chi connectivity index (χ0n) is 10.4. The van der Waals surface area contributed by atoms with Gasteiger partial charge in [0.15, 0.2) is 0 Å². The fourth-order valence-electron chi connectivity index (χ4n) is 1.76. The molecule has 94 valence electrons. The predicted molar refractivity (Wildman–Crippen MR) is 72.1 cm³/mol. The molecule has 0 spiro atoms. The summed E-state index contributed by atoms with van der Waals surface area (Å²) in [6.45, 7) is 2.85. The van der Waals surface area contributed by atoms with Crippen molar-refractivity contribution in [1.29, 1.82) is 0 Å². The van der Waals surface area contributed by atoms with Crippen LogP contribution in [0.1, 0.15) is 23.8 Å². The maximum Gasteiger partial charge on any atom is 0.127 e. The lowest BCUT2D eigenvalue weighted by molar-refractivity contribution is 0.301. The Bertz CT molecular complexity index is 529. The van der Waals surface area contributed by atoms with Gasteiger partial charge in [-0.1, -0.05) is 30.4 Å². The molecule has 3 nitrogen and oxygen atoms in total. The highest BCUT2D eigenvalue weighted by atomic mass is 16.5. The highest BCUT2D eigenvalue weighted by Gasteiger charge is 2.06. The standard InChI is InChI=1S/C15H17NO2/c1-2-5-12-6-3-4-7-14(12)18-11-13-8-9-17-15(13)10-16/h2-9H,10-11,16H2,1H3. The molecule has 1 aromatic carbocycles. The second kappa shape index (κ2) is 6.07. The van der Waals surface area contributed by atoms with Crippen LogP contribution in [-0.4, -0.2) is 0 Å². The van der Waals surface area contributed by atoms with E-state index in [0.717, 1.165) is 22.6 Å². The van der Waals surface area contributed by atoms with E-state index in [0.29, 0.717) is 13.2 Å². The van der Waals surface area contributed by atoms with E-state index < -0.39 is 0 Å². The minimum absolute atomic E-state index is 0.391. The maximum absolute atomic E-state index is 5.81. The third-order valence-corrected chi connectivity index (χ3v) is 2.67. The summed E-state index contributed by atoms with van der Waals surface area (Å²) in [4.78, 5) is 0. The Hall–Kier alpha value is -2.00. The Kier molecular flexibility index (Phi) is 4.20. The average Bonchev–Trinajstić information content (AvgIpc) is 2.85. The molecule has 0 amide bonds. The van der Waals surface area contributed by atoms with Gasteiger partial charge in [-0.05, 0) is 19.1 Å². The smallest absolute Gasteiger partial charge is 0.127 e. The molecule has 1 aromatic heterocycles. The molecule has 0 fully saturated rings. The SMILES string of the molecule is CC=Cc1ccccc1OCc1ccoc1CN. The van der Waals surface area contributed by atoms with Gasteiger partial charge in [-0.25, -0.2) is 0 Å². The lowest BCUT2D eigenvalue weighted by atomic mass is 10.2. The van der Waals surface area contributed by atoms with E-state index in [2.05, 4.69) is 0 Å². The summed E-state index contributed by atoms with van der Waals surface area (Å²) in [7, 11) is 0. The zero-order valence-corrected chi connectivity index (χ0v) is 10.4. The number of para-hydroxylation sites is 1. The Morgan fingerprint density at radius 2 is 2.11 bits per heavy atom. The number of hydrogen-bond donors (Lipinski definition) is 1. The van der Waals surface area contributed by atoms with Crippen molar-refractivity contribution in [2.24, 2.45) is 5.73 Å². The Morgan fingerprint density at radius 1 is 1.28 bits per heavy atom. The predicted octanol–water partition coefficient (Wildman–Crippen LogP) is 3.35. The summed E-state index contributed by atoms with van der Waals surface area (Å²) in [6, 6.07) is 9.82. The molecule has 2 rings (SSSR count). The van der Waals surface area contributed by atoms with E-state index >= 15 is 0 Å². The highest BCUT2D eigenvalue weighted by molar-refractivity contribution is 5.56. The second-order valence-corrected chi connectivity index (χ2v) is 3.90. The molecule has 2 aromatic rings. The van der Waals surface area contributed by atoms with Crippen molar-refractivity contribution in [1.82, 2.24) is 0 Å². The largest absolute Gasteiger partial charge is 0.488 e. The number of furan rings is 1. The van der Waals surface area contributed by atoms with Gasteiger partial charge in [-0.3, -0.25) is 0 Å². The van der Waals surface area contributed by atoms with Crippen LogP contribution in [0.3, 0.4) is 0 Å². The van der Waals surface area contributed by atoms with E-state index in [-0.39, 0.29) is 0 Å². The molecule has 2 N–H and O–H groups in total. The summed E-state index contributed by atoms with van der Waals surface area (Å²) < 4.78 is 11.1. The molecule has 0 unspecified atom stereocenters. The molecule has 18 heavy (non-hydrogen) atoms. The molecular weight excluding hydrogens is 226 g/mol. The molecular formula is C15H17NO2. The summed E-state index contributed by atoms with van der Waals surface area (Å²) in [5, 5.41) is 0. The lowest BCUT2D eigenvalue weighted by Gasteiger charge is -2.08. The van der Waals surface area contributed by atoms with Crippen LogP contribution < -0.4 is 10.5 Å². The van der Waals surface area contributed by atoms with E-state index in [1.54, 1.807) is 6.26 Å². The molecule has 0 aliphatic carbocycles. The van der Waals surface area contributed by atoms with Gasteiger partial charge in [0.1, 0.15) is 18.1 Å². The van der Waals surface area contributed by atoms with Crippen molar-refractivity contribution in [2.45, 2.75) is 20.1 Å². The molecule has 0 aliphatic heterocycles. The van der Waals surface area contributed by atoms with Crippen LogP contribution in [0.2, 0.25) is 0 Å². The van der Waals surface area contributed by atoms with E-state index in [4.69, 9.17) is 14.9 Å². The number of nitrogens with two attached hydrogens (primary N) is 1. The van der Waals surface area contributed by atoms with E-state index in [9.17, 15) is 0 Å². The molecule has 0 radical (unpaired) electrons. The summed E-state index contributed by atoms with van der Waals surface area (Å²) in [5.74, 6) is 1.64. The Labute approximate surface area is 107 Å². The van der Waals surface area contributed by atoms with Crippen molar-refractivity contribution in [3.63, 3.8) is 0 Å². The number of rotatable bonds is 5. The molecule has 3 heteroatoms. The summed E-state index contributed by atoms with van der Waals surface area (Å²) in [5.41, 5.74) is 7.64. The lowest BCUT2D eigenvalue weighted by Crippen LogP contribution is -2.02. The van der Waals surface area contributed by atoms with Crippen molar-refractivity contribution in [3.8, 4) is 5.75 Å². The monoisotopic (exact) mass is 243 g/mol. The third-order valence-electron chi connectivity index (χ3n) is 2.67. The Balaban J connectivity index is 2.11. The number of benzene rings is 1. The van der Waals surface area contributed by atoms with Crippen LogP contribution in [-0.2, 0) is 13.2 Å². The topological polar surface area (TPSA) is 48.4 Å². The van der Waals surface area contributed by atoms with Gasteiger partial charge in [0.25, 0.3) is 0 Å². The first kappa shape index (κ1) is 12.5. The minimum Gasteiger partial charge on any atom is -0.488 e. The molecule has 0 saturated heterocycles. The highest BCUT2D eigenvalue weighted by Crippen LogP contribution is 2.21. The number of allylic oxidation sites excluding steroid dienone is 1. The molecule has 1 heterocycles. The first-order chi connectivity index (χ1) is 8.85.